The Labute approximate surface area is 129 Å². The number of fused-ring (bicyclic) bond motifs is 1. The zero-order valence-corrected chi connectivity index (χ0v) is 13.1. The van der Waals surface area contributed by atoms with Crippen LogP contribution in [0.5, 0.6) is 0 Å². The Morgan fingerprint density at radius 2 is 2.10 bits per heavy atom. The number of rotatable bonds is 4. The largest absolute Gasteiger partial charge is 0.271 e. The topological polar surface area (TPSA) is 50.9 Å². The van der Waals surface area contributed by atoms with Crippen LogP contribution in [-0.4, -0.2) is 4.98 Å². The molecular formula is C15H14BrN3S. The van der Waals surface area contributed by atoms with Crippen LogP contribution < -0.4 is 11.3 Å². The summed E-state index contributed by atoms with van der Waals surface area (Å²) in [5.41, 5.74) is 5.17. The van der Waals surface area contributed by atoms with Crippen LogP contribution in [0.4, 0.5) is 0 Å². The first kappa shape index (κ1) is 13.7. The van der Waals surface area contributed by atoms with Crippen molar-refractivity contribution >= 4 is 37.4 Å². The molecule has 5 heteroatoms. The number of hydrogen-bond acceptors (Lipinski definition) is 4. The average molecular weight is 348 g/mol. The lowest BCUT2D eigenvalue weighted by Gasteiger charge is -2.15. The van der Waals surface area contributed by atoms with E-state index in [1.807, 2.05) is 18.3 Å². The maximum absolute atomic E-state index is 5.75. The predicted octanol–water partition coefficient (Wildman–Crippen LogP) is 3.81. The fourth-order valence-corrected chi connectivity index (χ4v) is 3.51. The van der Waals surface area contributed by atoms with Crippen molar-refractivity contribution in [3.05, 3.63) is 63.7 Å². The summed E-state index contributed by atoms with van der Waals surface area (Å²) in [6.07, 6.45) is 2.58. The van der Waals surface area contributed by atoms with Gasteiger partial charge in [-0.1, -0.05) is 18.2 Å². The van der Waals surface area contributed by atoms with E-state index >= 15 is 0 Å². The van der Waals surface area contributed by atoms with Gasteiger partial charge >= 0.3 is 0 Å². The van der Waals surface area contributed by atoms with Crippen molar-refractivity contribution in [3.8, 4) is 0 Å². The van der Waals surface area contributed by atoms with Gasteiger partial charge in [0.05, 0.1) is 6.04 Å². The fraction of sp³-hybridized carbons (Fsp3) is 0.133. The lowest BCUT2D eigenvalue weighted by molar-refractivity contribution is 0.550. The molecular weight excluding hydrogens is 334 g/mol. The van der Waals surface area contributed by atoms with Crippen LogP contribution in [0.15, 0.2) is 52.4 Å². The summed E-state index contributed by atoms with van der Waals surface area (Å²) in [4.78, 5) is 4.42. The Kier molecular flexibility index (Phi) is 4.12. The number of aromatic nitrogens is 1. The van der Waals surface area contributed by atoms with E-state index in [2.05, 4.69) is 56.0 Å². The number of pyridine rings is 1. The van der Waals surface area contributed by atoms with Crippen LogP contribution >= 0.6 is 27.3 Å². The van der Waals surface area contributed by atoms with Gasteiger partial charge in [0.25, 0.3) is 0 Å². The molecule has 0 saturated heterocycles. The van der Waals surface area contributed by atoms with Crippen molar-refractivity contribution in [1.29, 1.82) is 0 Å². The molecule has 3 aromatic rings. The molecule has 1 aromatic carbocycles. The Hall–Kier alpha value is -1.27. The number of hydrogen-bond donors (Lipinski definition) is 2. The molecule has 1 atom stereocenters. The molecule has 102 valence electrons. The maximum Gasteiger partial charge on any atom is 0.0529 e. The van der Waals surface area contributed by atoms with Crippen LogP contribution in [-0.2, 0) is 6.42 Å². The van der Waals surface area contributed by atoms with Crippen LogP contribution in [0.25, 0.3) is 10.1 Å². The highest BCUT2D eigenvalue weighted by Crippen LogP contribution is 2.31. The van der Waals surface area contributed by atoms with Gasteiger partial charge in [-0.05, 0) is 50.5 Å². The first-order valence-corrected chi connectivity index (χ1v) is 7.98. The second-order valence-corrected chi connectivity index (χ2v) is 6.41. The number of hydrazine groups is 1. The van der Waals surface area contributed by atoms with Crippen molar-refractivity contribution in [2.45, 2.75) is 12.5 Å². The Morgan fingerprint density at radius 1 is 1.25 bits per heavy atom. The monoisotopic (exact) mass is 347 g/mol. The second kappa shape index (κ2) is 6.01. The molecule has 3 N–H and O–H groups in total. The lowest BCUT2D eigenvalue weighted by atomic mass is 10.0. The Balaban J connectivity index is 1.91. The van der Waals surface area contributed by atoms with Gasteiger partial charge in [0.15, 0.2) is 0 Å². The van der Waals surface area contributed by atoms with Crippen LogP contribution in [0.2, 0.25) is 0 Å². The third kappa shape index (κ3) is 2.76. The lowest BCUT2D eigenvalue weighted by Crippen LogP contribution is -2.29. The summed E-state index contributed by atoms with van der Waals surface area (Å²) in [6, 6.07) is 12.5. The average Bonchev–Trinajstić information content (AvgIpc) is 2.91. The number of nitrogens with zero attached hydrogens (tertiary/aromatic N) is 1. The highest BCUT2D eigenvalue weighted by molar-refractivity contribution is 9.10. The number of halogens is 1. The molecule has 3 rings (SSSR count). The first-order chi connectivity index (χ1) is 9.78. The highest BCUT2D eigenvalue weighted by Gasteiger charge is 2.15. The van der Waals surface area contributed by atoms with Crippen molar-refractivity contribution < 1.29 is 0 Å². The summed E-state index contributed by atoms with van der Waals surface area (Å²) >= 11 is 5.15. The zero-order chi connectivity index (χ0) is 13.9. The van der Waals surface area contributed by atoms with Crippen LogP contribution in [0, 0.1) is 0 Å². The van der Waals surface area contributed by atoms with Crippen molar-refractivity contribution in [3.63, 3.8) is 0 Å². The molecule has 0 amide bonds. The van der Waals surface area contributed by atoms with Gasteiger partial charge in [0, 0.05) is 27.5 Å². The van der Waals surface area contributed by atoms with Gasteiger partial charge < -0.3 is 0 Å². The van der Waals surface area contributed by atoms with Crippen molar-refractivity contribution in [2.75, 3.05) is 0 Å². The van der Waals surface area contributed by atoms with Crippen molar-refractivity contribution in [2.24, 2.45) is 5.84 Å². The minimum Gasteiger partial charge on any atom is -0.271 e. The first-order valence-electron chi connectivity index (χ1n) is 6.30. The normalized spacial score (nSPS) is 12.7. The maximum atomic E-state index is 5.75. The van der Waals surface area contributed by atoms with Crippen LogP contribution in [0.3, 0.4) is 0 Å². The van der Waals surface area contributed by atoms with E-state index in [1.165, 1.54) is 15.6 Å². The van der Waals surface area contributed by atoms with Gasteiger partial charge in [0.1, 0.15) is 0 Å². The smallest absolute Gasteiger partial charge is 0.0529 e. The summed E-state index contributed by atoms with van der Waals surface area (Å²) in [5, 5.41) is 3.44. The number of nitrogens with one attached hydrogen (secondary N) is 1. The molecule has 0 aliphatic heterocycles. The van der Waals surface area contributed by atoms with Gasteiger partial charge in [-0.2, -0.15) is 0 Å². The number of thiophene rings is 1. The molecule has 20 heavy (non-hydrogen) atoms. The summed E-state index contributed by atoms with van der Waals surface area (Å²) in [7, 11) is 0. The molecule has 0 bridgehead atoms. The van der Waals surface area contributed by atoms with E-state index < -0.39 is 0 Å². The highest BCUT2D eigenvalue weighted by atomic mass is 79.9. The molecule has 0 radical (unpaired) electrons. The van der Waals surface area contributed by atoms with E-state index in [-0.39, 0.29) is 6.04 Å². The van der Waals surface area contributed by atoms with Gasteiger partial charge in [-0.15, -0.1) is 11.3 Å². The number of nitrogens with two attached hydrogens (primary N) is 1. The third-order valence-electron chi connectivity index (χ3n) is 3.29. The molecule has 0 aliphatic carbocycles. The minimum absolute atomic E-state index is 0.0693. The minimum atomic E-state index is 0.0693. The Morgan fingerprint density at radius 3 is 2.85 bits per heavy atom. The summed E-state index contributed by atoms with van der Waals surface area (Å²) in [6.45, 7) is 0. The molecule has 3 nitrogen and oxygen atoms in total. The molecule has 1 unspecified atom stereocenters. The SMILES string of the molecule is NNC(Cc1ccc(Br)cn1)c1csc2ccccc12. The third-order valence-corrected chi connectivity index (χ3v) is 4.74. The van der Waals surface area contributed by atoms with Gasteiger partial charge in [-0.3, -0.25) is 16.3 Å². The van der Waals surface area contributed by atoms with E-state index in [0.717, 1.165) is 16.6 Å². The molecule has 2 heterocycles. The number of benzene rings is 1. The quantitative estimate of drug-likeness (QED) is 0.557. The van der Waals surface area contributed by atoms with Gasteiger partial charge in [-0.25, -0.2) is 0 Å². The second-order valence-electron chi connectivity index (χ2n) is 4.58. The van der Waals surface area contributed by atoms with E-state index in [4.69, 9.17) is 5.84 Å². The molecule has 0 saturated carbocycles. The summed E-state index contributed by atoms with van der Waals surface area (Å²) in [5.74, 6) is 5.75. The summed E-state index contributed by atoms with van der Waals surface area (Å²) < 4.78 is 2.27. The molecule has 0 aliphatic rings. The predicted molar refractivity (Wildman–Crippen MR) is 87.5 cm³/mol. The Bertz CT molecular complexity index is 708. The standard InChI is InChI=1S/C15H14BrN3S/c16-10-5-6-11(18-8-10)7-14(19-17)13-9-20-15-4-2-1-3-12(13)15/h1-6,8-9,14,19H,7,17H2. The van der Waals surface area contributed by atoms with E-state index in [0.29, 0.717) is 0 Å². The molecule has 2 aromatic heterocycles. The van der Waals surface area contributed by atoms with E-state index in [1.54, 1.807) is 11.3 Å². The molecule has 0 spiro atoms. The van der Waals surface area contributed by atoms with Gasteiger partial charge in [0.2, 0.25) is 0 Å². The van der Waals surface area contributed by atoms with E-state index in [9.17, 15) is 0 Å². The van der Waals surface area contributed by atoms with Crippen molar-refractivity contribution in [1.82, 2.24) is 10.4 Å². The van der Waals surface area contributed by atoms with Crippen LogP contribution in [0.1, 0.15) is 17.3 Å². The fourth-order valence-electron chi connectivity index (χ4n) is 2.26. The zero-order valence-electron chi connectivity index (χ0n) is 10.7. The molecule has 0 fully saturated rings.